The van der Waals surface area contributed by atoms with Gasteiger partial charge in [-0.2, -0.15) is 0 Å². The van der Waals surface area contributed by atoms with Gasteiger partial charge < -0.3 is 25.1 Å². The van der Waals surface area contributed by atoms with Gasteiger partial charge in [0, 0.05) is 55.7 Å². The van der Waals surface area contributed by atoms with Crippen LogP contribution in [0.25, 0.3) is 0 Å². The third-order valence-electron chi connectivity index (χ3n) is 8.13. The van der Waals surface area contributed by atoms with Crippen molar-refractivity contribution in [1.29, 1.82) is 0 Å². The average molecular weight is 532 g/mol. The molecule has 2 aliphatic heterocycles. The van der Waals surface area contributed by atoms with Gasteiger partial charge in [0.15, 0.2) is 0 Å². The normalized spacial score (nSPS) is 18.4. The second-order valence-corrected chi connectivity index (χ2v) is 10.7. The number of rotatable bonds is 6. The molecule has 0 bridgehead atoms. The fourth-order valence-electron chi connectivity index (χ4n) is 6.06. The zero-order valence-electron chi connectivity index (χ0n) is 23.0. The van der Waals surface area contributed by atoms with Crippen molar-refractivity contribution in [2.45, 2.75) is 45.7 Å². The summed E-state index contributed by atoms with van der Waals surface area (Å²) < 4.78 is 13.3. The number of aryl methyl sites for hydroxylation is 2. The first kappa shape index (κ1) is 26.9. The predicted octanol–water partition coefficient (Wildman–Crippen LogP) is 4.55. The Morgan fingerprint density at radius 1 is 1.03 bits per heavy atom. The summed E-state index contributed by atoms with van der Waals surface area (Å²) in [6.45, 7) is 9.56. The Morgan fingerprint density at radius 3 is 2.44 bits per heavy atom. The molecule has 39 heavy (non-hydrogen) atoms. The lowest BCUT2D eigenvalue weighted by atomic mass is 9.94. The molecule has 2 aromatic carbocycles. The van der Waals surface area contributed by atoms with Crippen molar-refractivity contribution in [2.75, 3.05) is 54.4 Å². The maximum Gasteiger partial charge on any atom is 0.254 e. The average Bonchev–Trinajstić information content (AvgIpc) is 2.96. The van der Waals surface area contributed by atoms with Crippen LogP contribution in [0.3, 0.4) is 0 Å². The molecular formula is C31H38FN5O2. The highest BCUT2D eigenvalue weighted by atomic mass is 19.1. The fraction of sp³-hybridized carbons (Fsp3) is 0.419. The summed E-state index contributed by atoms with van der Waals surface area (Å²) in [6, 6.07) is 15.5. The summed E-state index contributed by atoms with van der Waals surface area (Å²) in [5.41, 5.74) is 5.94. The van der Waals surface area contributed by atoms with Gasteiger partial charge in [0.05, 0.1) is 18.8 Å². The number of aromatic nitrogens is 1. The number of anilines is 3. The number of halogens is 1. The van der Waals surface area contributed by atoms with Crippen molar-refractivity contribution in [1.82, 2.24) is 9.88 Å². The third-order valence-corrected chi connectivity index (χ3v) is 8.13. The molecule has 1 aromatic heterocycles. The van der Waals surface area contributed by atoms with E-state index in [0.717, 1.165) is 65.4 Å². The first-order chi connectivity index (χ1) is 18.9. The summed E-state index contributed by atoms with van der Waals surface area (Å²) in [4.78, 5) is 24.4. The SMILES string of the molecule is Cc1cc(C)c(C(=O)N2CCN(c3ccccc3)[C@H](CO)C2)c(C)c1NC1CCN(c2ccc(F)cn2)CC1. The van der Waals surface area contributed by atoms with Crippen molar-refractivity contribution in [2.24, 2.45) is 0 Å². The van der Waals surface area contributed by atoms with Crippen LogP contribution in [-0.4, -0.2) is 72.3 Å². The number of nitrogens with zero attached hydrogens (tertiary/aromatic N) is 4. The number of hydrogen-bond donors (Lipinski definition) is 2. The molecule has 2 aliphatic rings. The van der Waals surface area contributed by atoms with E-state index < -0.39 is 0 Å². The topological polar surface area (TPSA) is 71.9 Å². The summed E-state index contributed by atoms with van der Waals surface area (Å²) in [6.07, 6.45) is 3.12. The van der Waals surface area contributed by atoms with Crippen LogP contribution in [0.2, 0.25) is 0 Å². The van der Waals surface area contributed by atoms with E-state index in [4.69, 9.17) is 0 Å². The number of pyridine rings is 1. The van der Waals surface area contributed by atoms with Crippen molar-refractivity contribution in [3.05, 3.63) is 82.8 Å². The first-order valence-corrected chi connectivity index (χ1v) is 13.8. The number of benzene rings is 2. The number of carbonyl (C=O) groups excluding carboxylic acids is 1. The Morgan fingerprint density at radius 2 is 1.77 bits per heavy atom. The minimum Gasteiger partial charge on any atom is -0.394 e. The monoisotopic (exact) mass is 531 g/mol. The molecule has 3 heterocycles. The van der Waals surface area contributed by atoms with Gasteiger partial charge in [0.2, 0.25) is 0 Å². The Bertz CT molecular complexity index is 1290. The Kier molecular flexibility index (Phi) is 8.02. The summed E-state index contributed by atoms with van der Waals surface area (Å²) in [7, 11) is 0. The highest BCUT2D eigenvalue weighted by molar-refractivity contribution is 5.99. The molecule has 0 radical (unpaired) electrons. The molecule has 206 valence electrons. The first-order valence-electron chi connectivity index (χ1n) is 13.8. The molecule has 1 atom stereocenters. The van der Waals surface area contributed by atoms with Gasteiger partial charge in [0.25, 0.3) is 5.91 Å². The Balaban J connectivity index is 1.29. The highest BCUT2D eigenvalue weighted by Crippen LogP contribution is 2.31. The molecule has 2 N–H and O–H groups in total. The molecule has 5 rings (SSSR count). The Hall–Kier alpha value is -3.65. The van der Waals surface area contributed by atoms with Crippen LogP contribution in [0.4, 0.5) is 21.6 Å². The molecule has 2 fully saturated rings. The molecule has 3 aromatic rings. The van der Waals surface area contributed by atoms with Crippen LogP contribution in [-0.2, 0) is 0 Å². The van der Waals surface area contributed by atoms with Crippen molar-refractivity contribution >= 4 is 23.1 Å². The number of piperazine rings is 1. The van der Waals surface area contributed by atoms with E-state index in [2.05, 4.69) is 33.1 Å². The molecule has 7 nitrogen and oxygen atoms in total. The zero-order chi connectivity index (χ0) is 27.5. The quantitative estimate of drug-likeness (QED) is 0.486. The second kappa shape index (κ2) is 11.6. The highest BCUT2D eigenvalue weighted by Gasteiger charge is 2.32. The smallest absolute Gasteiger partial charge is 0.254 e. The largest absolute Gasteiger partial charge is 0.394 e. The number of amides is 1. The maximum absolute atomic E-state index is 13.9. The van der Waals surface area contributed by atoms with E-state index in [1.165, 1.54) is 12.3 Å². The molecule has 0 unspecified atom stereocenters. The van der Waals surface area contributed by atoms with Gasteiger partial charge in [-0.25, -0.2) is 9.37 Å². The van der Waals surface area contributed by atoms with E-state index in [-0.39, 0.29) is 30.4 Å². The maximum atomic E-state index is 13.9. The number of hydrogen-bond acceptors (Lipinski definition) is 6. The molecule has 8 heteroatoms. The van der Waals surface area contributed by atoms with Gasteiger partial charge >= 0.3 is 0 Å². The number of piperidine rings is 1. The molecular weight excluding hydrogens is 493 g/mol. The number of aliphatic hydroxyl groups excluding tert-OH is 1. The van der Waals surface area contributed by atoms with E-state index in [1.54, 1.807) is 6.07 Å². The van der Waals surface area contributed by atoms with Crippen LogP contribution in [0.5, 0.6) is 0 Å². The Labute approximate surface area is 230 Å². The second-order valence-electron chi connectivity index (χ2n) is 10.7. The third kappa shape index (κ3) is 5.71. The number of aliphatic hydroxyl groups is 1. The fourth-order valence-corrected chi connectivity index (χ4v) is 6.06. The van der Waals surface area contributed by atoms with Crippen molar-refractivity contribution < 1.29 is 14.3 Å². The number of carbonyl (C=O) groups is 1. The molecule has 0 saturated carbocycles. The zero-order valence-corrected chi connectivity index (χ0v) is 23.0. The molecule has 2 saturated heterocycles. The van der Waals surface area contributed by atoms with E-state index in [9.17, 15) is 14.3 Å². The lowest BCUT2D eigenvalue weighted by molar-refractivity contribution is 0.0698. The van der Waals surface area contributed by atoms with Gasteiger partial charge in [-0.3, -0.25) is 4.79 Å². The summed E-state index contributed by atoms with van der Waals surface area (Å²) in [5, 5.41) is 13.9. The van der Waals surface area contributed by atoms with E-state index in [1.807, 2.05) is 49.1 Å². The van der Waals surface area contributed by atoms with E-state index >= 15 is 0 Å². The lowest BCUT2D eigenvalue weighted by Crippen LogP contribution is -2.56. The molecule has 1 amide bonds. The molecule has 0 spiro atoms. The van der Waals surface area contributed by atoms with Crippen LogP contribution >= 0.6 is 0 Å². The van der Waals surface area contributed by atoms with Crippen LogP contribution in [0.1, 0.15) is 39.9 Å². The lowest BCUT2D eigenvalue weighted by Gasteiger charge is -2.42. The van der Waals surface area contributed by atoms with Crippen LogP contribution < -0.4 is 15.1 Å². The van der Waals surface area contributed by atoms with E-state index in [0.29, 0.717) is 19.6 Å². The predicted molar refractivity (Wildman–Crippen MR) is 154 cm³/mol. The van der Waals surface area contributed by atoms with Gasteiger partial charge in [0.1, 0.15) is 11.6 Å². The standard InChI is InChI=1S/C31H38FN5O2/c1-21-17-22(2)30(34-25-11-13-35(14-12-25)28-10-9-24(32)18-33-28)23(3)29(21)31(39)36-15-16-37(27(19-36)20-38)26-7-5-4-6-8-26/h4-10,17-18,25,27,34,38H,11-16,19-20H2,1-3H3/t27-/m0/s1. The van der Waals surface area contributed by atoms with Crippen molar-refractivity contribution in [3.8, 4) is 0 Å². The minimum atomic E-state index is -0.323. The number of para-hydroxylation sites is 1. The van der Waals surface area contributed by atoms with Crippen molar-refractivity contribution in [3.63, 3.8) is 0 Å². The van der Waals surface area contributed by atoms with Gasteiger partial charge in [-0.1, -0.05) is 24.3 Å². The van der Waals surface area contributed by atoms with Crippen LogP contribution in [0, 0.1) is 26.6 Å². The number of nitrogens with one attached hydrogen (secondary N) is 1. The minimum absolute atomic E-state index is 0.0104. The molecule has 0 aliphatic carbocycles. The summed E-state index contributed by atoms with van der Waals surface area (Å²) in [5.74, 6) is 0.506. The van der Waals surface area contributed by atoms with Gasteiger partial charge in [-0.15, -0.1) is 0 Å². The summed E-state index contributed by atoms with van der Waals surface area (Å²) >= 11 is 0. The van der Waals surface area contributed by atoms with Crippen LogP contribution in [0.15, 0.2) is 54.7 Å². The van der Waals surface area contributed by atoms with Gasteiger partial charge in [-0.05, 0) is 74.6 Å².